The number of rotatable bonds is 6. The Hall–Kier alpha value is -1.78. The van der Waals surface area contributed by atoms with Crippen LogP contribution < -0.4 is 10.6 Å². The number of hydrogen-bond donors (Lipinski definition) is 2. The first-order valence-corrected chi connectivity index (χ1v) is 7.56. The quantitative estimate of drug-likeness (QED) is 0.577. The molecule has 25 heavy (non-hydrogen) atoms. The van der Waals surface area contributed by atoms with Gasteiger partial charge in [0.15, 0.2) is 0 Å². The van der Waals surface area contributed by atoms with E-state index in [-0.39, 0.29) is 6.54 Å². The van der Waals surface area contributed by atoms with E-state index in [1.807, 2.05) is 5.32 Å². The highest BCUT2D eigenvalue weighted by Gasteiger charge is 2.49. The molecule has 2 N–H and O–H groups in total. The minimum Gasteiger partial charge on any atom is -0.369 e. The van der Waals surface area contributed by atoms with E-state index < -0.39 is 53.3 Å². The summed E-state index contributed by atoms with van der Waals surface area (Å²) in [7, 11) is 0. The second kappa shape index (κ2) is 7.22. The van der Waals surface area contributed by atoms with Crippen LogP contribution in [0, 0.1) is 5.92 Å². The zero-order chi connectivity index (χ0) is 18.8. The first-order chi connectivity index (χ1) is 11.5. The molecule has 12 heteroatoms. The predicted octanol–water partition coefficient (Wildman–Crippen LogP) is 3.41. The molecule has 0 saturated heterocycles. The van der Waals surface area contributed by atoms with Gasteiger partial charge in [-0.15, -0.1) is 0 Å². The summed E-state index contributed by atoms with van der Waals surface area (Å²) in [4.78, 5) is 18.3. The maximum absolute atomic E-state index is 12.8. The van der Waals surface area contributed by atoms with Crippen LogP contribution in [0.5, 0.6) is 0 Å². The number of nitrogens with zero attached hydrogens (tertiary/aromatic N) is 2. The Morgan fingerprint density at radius 1 is 1.28 bits per heavy atom. The van der Waals surface area contributed by atoms with E-state index in [1.54, 1.807) is 0 Å². The summed E-state index contributed by atoms with van der Waals surface area (Å²) < 4.78 is 76.8. The van der Waals surface area contributed by atoms with E-state index in [2.05, 4.69) is 15.3 Å². The molecule has 1 heterocycles. The summed E-state index contributed by atoms with van der Waals surface area (Å²) in [5.74, 6) is -2.21. The molecule has 1 fully saturated rings. The molecule has 0 aromatic carbocycles. The van der Waals surface area contributed by atoms with Gasteiger partial charge in [0, 0.05) is 19.2 Å². The third-order valence-corrected chi connectivity index (χ3v) is 3.65. The molecule has 1 aromatic rings. The molecule has 0 radical (unpaired) electrons. The molecule has 0 spiro atoms. The molecule has 5 nitrogen and oxygen atoms in total. The van der Waals surface area contributed by atoms with E-state index in [0.29, 0.717) is 19.0 Å². The summed E-state index contributed by atoms with van der Waals surface area (Å²) in [5.41, 5.74) is -1.19. The first kappa shape index (κ1) is 19.5. The van der Waals surface area contributed by atoms with Crippen LogP contribution in [0.4, 0.5) is 32.2 Å². The zero-order valence-electron chi connectivity index (χ0n) is 12.5. The van der Waals surface area contributed by atoms with Crippen molar-refractivity contribution in [1.82, 2.24) is 15.3 Å². The van der Waals surface area contributed by atoms with E-state index in [1.165, 1.54) is 0 Å². The van der Waals surface area contributed by atoms with Crippen LogP contribution >= 0.6 is 11.6 Å². The van der Waals surface area contributed by atoms with Gasteiger partial charge < -0.3 is 10.6 Å². The molecule has 140 valence electrons. The highest BCUT2D eigenvalue weighted by Crippen LogP contribution is 2.40. The summed E-state index contributed by atoms with van der Waals surface area (Å²) >= 11 is 5.44. The Bertz CT molecular complexity index is 632. The van der Waals surface area contributed by atoms with Crippen molar-refractivity contribution in [3.63, 3.8) is 0 Å². The van der Waals surface area contributed by atoms with Crippen LogP contribution in [0.15, 0.2) is 6.20 Å². The third kappa shape index (κ3) is 5.62. The van der Waals surface area contributed by atoms with Crippen LogP contribution in [0.2, 0.25) is 5.28 Å². The van der Waals surface area contributed by atoms with Gasteiger partial charge in [0.2, 0.25) is 11.2 Å². The zero-order valence-corrected chi connectivity index (χ0v) is 13.3. The normalized spacial score (nSPS) is 16.4. The smallest absolute Gasteiger partial charge is 0.369 e. The van der Waals surface area contributed by atoms with Gasteiger partial charge >= 0.3 is 12.4 Å². The van der Waals surface area contributed by atoms with Crippen molar-refractivity contribution >= 4 is 23.3 Å². The molecule has 0 bridgehead atoms. The van der Waals surface area contributed by atoms with Crippen LogP contribution in [-0.2, 0) is 11.0 Å². The molecule has 1 aromatic heterocycles. The van der Waals surface area contributed by atoms with Crippen molar-refractivity contribution in [2.24, 2.45) is 5.92 Å². The van der Waals surface area contributed by atoms with Crippen molar-refractivity contribution < 1.29 is 31.1 Å². The summed E-state index contributed by atoms with van der Waals surface area (Å²) in [6.07, 6.45) is -8.55. The van der Waals surface area contributed by atoms with Gasteiger partial charge in [0.05, 0.1) is 0 Å². The van der Waals surface area contributed by atoms with Crippen LogP contribution in [0.3, 0.4) is 0 Å². The standard InChI is InChI=1S/C13H13ClF6N4O/c14-11-22-5-7(12(15,16)17)10(24-11)21-4-3-8(25)23-9(6-1-2-6)13(18,19)20/h5-6,9H,1-4H2,(H,23,25)(H,21,22,24)/t9-/m0/s1. The fourth-order valence-electron chi connectivity index (χ4n) is 2.14. The Kier molecular flexibility index (Phi) is 5.65. The predicted molar refractivity (Wildman–Crippen MR) is 75.9 cm³/mol. The van der Waals surface area contributed by atoms with Gasteiger partial charge in [-0.2, -0.15) is 26.3 Å². The summed E-state index contributed by atoms with van der Waals surface area (Å²) in [6, 6.07) is -1.93. The summed E-state index contributed by atoms with van der Waals surface area (Å²) in [5, 5.41) is 3.69. The molecule has 1 aliphatic carbocycles. The molecule has 1 aliphatic rings. The topological polar surface area (TPSA) is 66.9 Å². The van der Waals surface area contributed by atoms with Crippen LogP contribution in [-0.4, -0.2) is 34.6 Å². The number of anilines is 1. The third-order valence-electron chi connectivity index (χ3n) is 3.47. The Morgan fingerprint density at radius 3 is 2.44 bits per heavy atom. The molecule has 1 saturated carbocycles. The lowest BCUT2D eigenvalue weighted by molar-refractivity contribution is -0.165. The maximum atomic E-state index is 12.8. The van der Waals surface area contributed by atoms with E-state index >= 15 is 0 Å². The highest BCUT2D eigenvalue weighted by molar-refractivity contribution is 6.28. The SMILES string of the molecule is O=C(CCNc1nc(Cl)ncc1C(F)(F)F)N[C@@H](C1CC1)C(F)(F)F. The lowest BCUT2D eigenvalue weighted by atomic mass is 10.1. The van der Waals surface area contributed by atoms with Crippen molar-refractivity contribution in [2.45, 2.75) is 37.7 Å². The van der Waals surface area contributed by atoms with Crippen molar-refractivity contribution in [1.29, 1.82) is 0 Å². The molecular weight excluding hydrogens is 378 g/mol. The number of aromatic nitrogens is 2. The second-order valence-electron chi connectivity index (χ2n) is 5.50. The highest BCUT2D eigenvalue weighted by atomic mass is 35.5. The van der Waals surface area contributed by atoms with Gasteiger partial charge in [-0.1, -0.05) is 0 Å². The van der Waals surface area contributed by atoms with E-state index in [0.717, 1.165) is 0 Å². The maximum Gasteiger partial charge on any atom is 0.421 e. The second-order valence-corrected chi connectivity index (χ2v) is 5.84. The van der Waals surface area contributed by atoms with Gasteiger partial charge in [-0.25, -0.2) is 9.97 Å². The largest absolute Gasteiger partial charge is 0.421 e. The minimum atomic E-state index is -4.75. The molecule has 0 aliphatic heterocycles. The number of halogens is 7. The Labute approximate surface area is 143 Å². The Balaban J connectivity index is 1.92. The average molecular weight is 391 g/mol. The fraction of sp³-hybridized carbons (Fsp3) is 0.615. The van der Waals surface area contributed by atoms with E-state index in [9.17, 15) is 31.1 Å². The average Bonchev–Trinajstić information content (AvgIpc) is 3.26. The number of carbonyl (C=O) groups excluding carboxylic acids is 1. The van der Waals surface area contributed by atoms with Crippen LogP contribution in [0.25, 0.3) is 0 Å². The van der Waals surface area contributed by atoms with Gasteiger partial charge in [0.25, 0.3) is 0 Å². The van der Waals surface area contributed by atoms with Crippen molar-refractivity contribution in [3.8, 4) is 0 Å². The molecule has 2 rings (SSSR count). The monoisotopic (exact) mass is 390 g/mol. The number of alkyl halides is 6. The molecule has 1 amide bonds. The van der Waals surface area contributed by atoms with Crippen LogP contribution in [0.1, 0.15) is 24.8 Å². The lowest BCUT2D eigenvalue weighted by Gasteiger charge is -2.21. The number of carbonyl (C=O) groups is 1. The molecule has 1 atom stereocenters. The fourth-order valence-corrected chi connectivity index (χ4v) is 2.27. The Morgan fingerprint density at radius 2 is 1.92 bits per heavy atom. The van der Waals surface area contributed by atoms with Crippen molar-refractivity contribution in [3.05, 3.63) is 17.0 Å². The van der Waals surface area contributed by atoms with Gasteiger partial charge in [-0.3, -0.25) is 4.79 Å². The van der Waals surface area contributed by atoms with E-state index in [4.69, 9.17) is 11.6 Å². The summed E-state index contributed by atoms with van der Waals surface area (Å²) in [6.45, 7) is -0.350. The first-order valence-electron chi connectivity index (χ1n) is 7.18. The number of nitrogens with one attached hydrogen (secondary N) is 2. The number of amides is 1. The lowest BCUT2D eigenvalue weighted by Crippen LogP contribution is -2.47. The minimum absolute atomic E-state index is 0.350. The molecule has 0 unspecified atom stereocenters. The van der Waals surface area contributed by atoms with Crippen molar-refractivity contribution in [2.75, 3.05) is 11.9 Å². The number of hydrogen-bond acceptors (Lipinski definition) is 4. The van der Waals surface area contributed by atoms with Gasteiger partial charge in [-0.05, 0) is 30.4 Å². The molecular formula is C13H13ClF6N4O. The van der Waals surface area contributed by atoms with Gasteiger partial charge in [0.1, 0.15) is 17.4 Å².